The maximum atomic E-state index is 12.4. The fourth-order valence-electron chi connectivity index (χ4n) is 3.66. The quantitative estimate of drug-likeness (QED) is 0.713. The molecule has 0 amide bonds. The fraction of sp³-hybridized carbons (Fsp3) is 0.455. The minimum Gasteiger partial charge on any atom is -0.502 e. The molecule has 7 heteroatoms. The molecule has 0 spiro atoms. The number of methoxy groups -OCH3 is 2. The Morgan fingerprint density at radius 3 is 2.48 bits per heavy atom. The van der Waals surface area contributed by atoms with Crippen molar-refractivity contribution in [3.05, 3.63) is 57.6 Å². The fourth-order valence-corrected chi connectivity index (χ4v) is 3.66. The van der Waals surface area contributed by atoms with Crippen molar-refractivity contribution in [2.75, 3.05) is 27.3 Å². The van der Waals surface area contributed by atoms with E-state index in [1.54, 1.807) is 31.4 Å². The summed E-state index contributed by atoms with van der Waals surface area (Å²) in [7, 11) is 2.87. The number of nitrogens with zero attached hydrogens (tertiary/aromatic N) is 1. The molecule has 0 radical (unpaired) electrons. The van der Waals surface area contributed by atoms with Crippen LogP contribution >= 0.6 is 0 Å². The van der Waals surface area contributed by atoms with Crippen LogP contribution in [0.1, 0.15) is 48.7 Å². The van der Waals surface area contributed by atoms with E-state index in [-0.39, 0.29) is 12.2 Å². The van der Waals surface area contributed by atoms with Crippen LogP contribution in [0.25, 0.3) is 0 Å². The summed E-state index contributed by atoms with van der Waals surface area (Å²) < 4.78 is 16.0. The monoisotopic (exact) mass is 401 g/mol. The number of likely N-dealkylation sites (tertiary alicyclic amines) is 1. The van der Waals surface area contributed by atoms with Crippen LogP contribution in [0.3, 0.4) is 0 Å². The van der Waals surface area contributed by atoms with Gasteiger partial charge in [0.25, 0.3) is 0 Å². The maximum absolute atomic E-state index is 12.4. The molecule has 7 nitrogen and oxygen atoms in total. The van der Waals surface area contributed by atoms with Crippen LogP contribution in [0, 0.1) is 0 Å². The van der Waals surface area contributed by atoms with Gasteiger partial charge < -0.3 is 19.0 Å². The summed E-state index contributed by atoms with van der Waals surface area (Å²) >= 11 is 0. The summed E-state index contributed by atoms with van der Waals surface area (Å²) in [5.41, 5.74) is 0.200. The van der Waals surface area contributed by atoms with Crippen molar-refractivity contribution in [1.29, 1.82) is 0 Å². The molecule has 0 aliphatic carbocycles. The molecule has 3 rings (SSSR count). The van der Waals surface area contributed by atoms with E-state index in [0.29, 0.717) is 23.6 Å². The number of benzene rings is 1. The molecule has 1 N–H and O–H groups in total. The summed E-state index contributed by atoms with van der Waals surface area (Å²) in [5.74, 6) is -0.364. The van der Waals surface area contributed by atoms with Gasteiger partial charge in [-0.1, -0.05) is 18.6 Å². The Balaban J connectivity index is 1.98. The number of carbonyl (C=O) groups excluding carboxylic acids is 1. The maximum Gasteiger partial charge on any atom is 0.306 e. The first-order valence-corrected chi connectivity index (χ1v) is 9.80. The van der Waals surface area contributed by atoms with Crippen LogP contribution < -0.4 is 10.2 Å². The molecule has 2 heterocycles. The summed E-state index contributed by atoms with van der Waals surface area (Å²) in [5, 5.41) is 10.4. The van der Waals surface area contributed by atoms with Crippen LogP contribution in [0.15, 0.2) is 39.5 Å². The van der Waals surface area contributed by atoms with E-state index in [4.69, 9.17) is 13.9 Å². The van der Waals surface area contributed by atoms with Gasteiger partial charge in [-0.2, -0.15) is 0 Å². The first kappa shape index (κ1) is 20.9. The summed E-state index contributed by atoms with van der Waals surface area (Å²) in [6.45, 7) is 2.39. The van der Waals surface area contributed by atoms with Gasteiger partial charge in [-0.3, -0.25) is 14.5 Å². The second-order valence-electron chi connectivity index (χ2n) is 7.23. The van der Waals surface area contributed by atoms with Gasteiger partial charge in [-0.15, -0.1) is 0 Å². The first-order chi connectivity index (χ1) is 14.0. The number of rotatable bonds is 7. The summed E-state index contributed by atoms with van der Waals surface area (Å²) in [4.78, 5) is 26.7. The molecule has 1 aromatic carbocycles. The van der Waals surface area contributed by atoms with E-state index in [9.17, 15) is 14.7 Å². The van der Waals surface area contributed by atoms with Gasteiger partial charge in [0.15, 0.2) is 5.76 Å². The highest BCUT2D eigenvalue weighted by Crippen LogP contribution is 2.34. The molecule has 1 aliphatic rings. The van der Waals surface area contributed by atoms with Crippen molar-refractivity contribution >= 4 is 5.97 Å². The topological polar surface area (TPSA) is 89.2 Å². The molecule has 1 fully saturated rings. The van der Waals surface area contributed by atoms with Crippen molar-refractivity contribution in [3.63, 3.8) is 0 Å². The zero-order chi connectivity index (χ0) is 20.8. The largest absolute Gasteiger partial charge is 0.502 e. The van der Waals surface area contributed by atoms with E-state index in [1.165, 1.54) is 19.6 Å². The molecule has 1 saturated heterocycles. The average molecular weight is 401 g/mol. The number of hydrogen-bond acceptors (Lipinski definition) is 7. The molecule has 2 aromatic rings. The Labute approximate surface area is 169 Å². The molecular weight excluding hydrogens is 374 g/mol. The number of piperidine rings is 1. The van der Waals surface area contributed by atoms with E-state index in [0.717, 1.165) is 25.9 Å². The average Bonchev–Trinajstić information content (AvgIpc) is 2.75. The molecular formula is C22H27NO6. The van der Waals surface area contributed by atoms with Gasteiger partial charge in [0.1, 0.15) is 11.5 Å². The van der Waals surface area contributed by atoms with Crippen molar-refractivity contribution in [2.45, 2.75) is 38.1 Å². The van der Waals surface area contributed by atoms with Gasteiger partial charge in [0.2, 0.25) is 11.2 Å². The normalized spacial score (nSPS) is 15.7. The Morgan fingerprint density at radius 1 is 1.17 bits per heavy atom. The van der Waals surface area contributed by atoms with Crippen molar-refractivity contribution in [3.8, 4) is 11.5 Å². The Kier molecular flexibility index (Phi) is 6.93. The third kappa shape index (κ3) is 5.17. The lowest BCUT2D eigenvalue weighted by molar-refractivity contribution is -0.140. The lowest BCUT2D eigenvalue weighted by Crippen LogP contribution is -2.29. The van der Waals surface area contributed by atoms with Gasteiger partial charge in [0.05, 0.1) is 33.1 Å². The second kappa shape index (κ2) is 9.60. The van der Waals surface area contributed by atoms with Crippen LogP contribution in [0.2, 0.25) is 0 Å². The van der Waals surface area contributed by atoms with Crippen molar-refractivity contribution in [1.82, 2.24) is 4.90 Å². The number of carbonyl (C=O) groups is 1. The Morgan fingerprint density at radius 2 is 1.86 bits per heavy atom. The highest BCUT2D eigenvalue weighted by Gasteiger charge is 2.27. The highest BCUT2D eigenvalue weighted by atomic mass is 16.5. The first-order valence-electron chi connectivity index (χ1n) is 9.80. The van der Waals surface area contributed by atoms with Crippen molar-refractivity contribution in [2.24, 2.45) is 0 Å². The van der Waals surface area contributed by atoms with Crippen molar-refractivity contribution < 1.29 is 23.8 Å². The Hall–Kier alpha value is -2.80. The van der Waals surface area contributed by atoms with Gasteiger partial charge in [-0.05, 0) is 43.6 Å². The molecule has 0 bridgehead atoms. The van der Waals surface area contributed by atoms with E-state index < -0.39 is 23.1 Å². The third-order valence-corrected chi connectivity index (χ3v) is 5.26. The van der Waals surface area contributed by atoms with Gasteiger partial charge in [-0.25, -0.2) is 0 Å². The number of hydrogen-bond donors (Lipinski definition) is 1. The molecule has 29 heavy (non-hydrogen) atoms. The van der Waals surface area contributed by atoms with Gasteiger partial charge >= 0.3 is 5.97 Å². The van der Waals surface area contributed by atoms with Gasteiger partial charge in [0, 0.05) is 6.07 Å². The molecule has 0 unspecified atom stereocenters. The molecule has 1 aliphatic heterocycles. The smallest absolute Gasteiger partial charge is 0.306 e. The minimum absolute atomic E-state index is 0.0630. The highest BCUT2D eigenvalue weighted by molar-refractivity contribution is 5.71. The SMILES string of the molecule is COC(=O)C[C@@H](c1ccc(OC)cc1)c1oc(CN2CCCCC2)cc(=O)c1O. The molecule has 0 saturated carbocycles. The second-order valence-corrected chi connectivity index (χ2v) is 7.23. The Bertz CT molecular complexity index is 883. The van der Waals surface area contributed by atoms with Crippen LogP contribution in [0.5, 0.6) is 11.5 Å². The predicted molar refractivity (Wildman–Crippen MR) is 107 cm³/mol. The number of aromatic hydroxyl groups is 1. The summed E-state index contributed by atoms with van der Waals surface area (Å²) in [6, 6.07) is 8.40. The number of esters is 1. The van der Waals surface area contributed by atoms with Crippen LogP contribution in [-0.2, 0) is 16.1 Å². The zero-order valence-corrected chi connectivity index (χ0v) is 16.8. The summed E-state index contributed by atoms with van der Waals surface area (Å²) in [6.07, 6.45) is 3.38. The molecule has 1 atom stereocenters. The third-order valence-electron chi connectivity index (χ3n) is 5.26. The lowest BCUT2D eigenvalue weighted by Gasteiger charge is -2.26. The van der Waals surface area contributed by atoms with E-state index >= 15 is 0 Å². The molecule has 156 valence electrons. The van der Waals surface area contributed by atoms with E-state index in [1.807, 2.05) is 0 Å². The predicted octanol–water partition coefficient (Wildman–Crippen LogP) is 3.03. The standard InChI is InChI=1S/C22H27NO6/c1-27-16-8-6-15(7-9-16)18(13-20(25)28-2)22-21(26)19(24)12-17(29-22)14-23-10-4-3-5-11-23/h6-9,12,18,26H,3-5,10-11,13-14H2,1-2H3/t18-/m0/s1. The molecule has 1 aromatic heterocycles. The number of ether oxygens (including phenoxy) is 2. The minimum atomic E-state index is -0.651. The lowest BCUT2D eigenvalue weighted by atomic mass is 9.92. The van der Waals surface area contributed by atoms with E-state index in [2.05, 4.69) is 4.90 Å². The zero-order valence-electron chi connectivity index (χ0n) is 16.8. The van der Waals surface area contributed by atoms with Crippen LogP contribution in [0.4, 0.5) is 0 Å². The van der Waals surface area contributed by atoms with Crippen LogP contribution in [-0.4, -0.2) is 43.3 Å².